The van der Waals surface area contributed by atoms with Gasteiger partial charge < -0.3 is 18.9 Å². The van der Waals surface area contributed by atoms with Crippen LogP contribution in [0.15, 0.2) is 12.2 Å². The van der Waals surface area contributed by atoms with Gasteiger partial charge in [-0.15, -0.1) is 0 Å². The summed E-state index contributed by atoms with van der Waals surface area (Å²) in [6, 6.07) is 0. The van der Waals surface area contributed by atoms with Crippen LogP contribution in [0.5, 0.6) is 0 Å². The highest BCUT2D eigenvalue weighted by Crippen LogP contribution is 2.33. The number of hydrogen-bond acceptors (Lipinski definition) is 8. The van der Waals surface area contributed by atoms with Crippen molar-refractivity contribution in [3.63, 3.8) is 0 Å². The summed E-state index contributed by atoms with van der Waals surface area (Å²) < 4.78 is 19.9. The molecular weight excluding hydrogens is 384 g/mol. The molecule has 162 valence electrons. The number of methoxy groups -OCH3 is 2. The van der Waals surface area contributed by atoms with E-state index in [0.29, 0.717) is 36.0 Å². The van der Waals surface area contributed by atoms with Gasteiger partial charge in [0.05, 0.1) is 18.9 Å². The molecule has 0 radical (unpaired) electrons. The largest absolute Gasteiger partial charge is 0.469 e. The molecule has 0 amide bonds. The van der Waals surface area contributed by atoms with Crippen LogP contribution in [0.1, 0.15) is 40.0 Å². The van der Waals surface area contributed by atoms with E-state index in [4.69, 9.17) is 18.9 Å². The van der Waals surface area contributed by atoms with Crippen molar-refractivity contribution in [2.75, 3.05) is 45.5 Å². The number of rotatable bonds is 15. The third-order valence-corrected chi connectivity index (χ3v) is 5.43. The monoisotopic (exact) mass is 418 g/mol. The molecule has 0 bridgehead atoms. The van der Waals surface area contributed by atoms with Crippen LogP contribution in [0.3, 0.4) is 0 Å². The SMILES string of the molecule is C=C(C)C(=O)OCCOC(=O)CCSCC(C)(CC(C)CCOC)C(=O)OC. The second-order valence-corrected chi connectivity index (χ2v) is 8.19. The van der Waals surface area contributed by atoms with E-state index in [0.717, 1.165) is 6.42 Å². The first-order valence-electron chi connectivity index (χ1n) is 9.29. The van der Waals surface area contributed by atoms with Crippen LogP contribution in [0.2, 0.25) is 0 Å². The van der Waals surface area contributed by atoms with Crippen LogP contribution in [-0.4, -0.2) is 63.5 Å². The Labute approximate surface area is 172 Å². The first-order chi connectivity index (χ1) is 13.2. The molecule has 2 atom stereocenters. The van der Waals surface area contributed by atoms with Crippen LogP contribution in [0, 0.1) is 11.3 Å². The molecule has 0 aliphatic carbocycles. The molecule has 0 rings (SSSR count). The Hall–Kier alpha value is -1.54. The first kappa shape index (κ1) is 26.5. The maximum Gasteiger partial charge on any atom is 0.333 e. The summed E-state index contributed by atoms with van der Waals surface area (Å²) in [5, 5.41) is 0. The second kappa shape index (κ2) is 14.5. The average molecular weight is 419 g/mol. The number of esters is 3. The lowest BCUT2D eigenvalue weighted by Gasteiger charge is -2.29. The summed E-state index contributed by atoms with van der Waals surface area (Å²) in [5.41, 5.74) is -0.319. The molecule has 0 fully saturated rings. The summed E-state index contributed by atoms with van der Waals surface area (Å²) in [6.45, 7) is 9.66. The van der Waals surface area contributed by atoms with Crippen LogP contribution in [-0.2, 0) is 33.3 Å². The Bertz CT molecular complexity index is 521. The van der Waals surface area contributed by atoms with Gasteiger partial charge >= 0.3 is 17.9 Å². The summed E-state index contributed by atoms with van der Waals surface area (Å²) in [6.07, 6.45) is 1.78. The van der Waals surface area contributed by atoms with Gasteiger partial charge in [-0.1, -0.05) is 13.5 Å². The number of carbonyl (C=O) groups is 3. The van der Waals surface area contributed by atoms with E-state index in [1.54, 1.807) is 14.0 Å². The molecule has 2 unspecified atom stereocenters. The Morgan fingerprint density at radius 1 is 1.11 bits per heavy atom. The van der Waals surface area contributed by atoms with E-state index in [-0.39, 0.29) is 31.6 Å². The predicted octanol–water partition coefficient (Wildman–Crippen LogP) is 3.01. The van der Waals surface area contributed by atoms with E-state index in [1.807, 2.05) is 6.92 Å². The van der Waals surface area contributed by atoms with Crippen molar-refractivity contribution in [1.82, 2.24) is 0 Å². The minimum atomic E-state index is -0.618. The number of hydrogen-bond donors (Lipinski definition) is 0. The lowest BCUT2D eigenvalue weighted by Crippen LogP contribution is -2.34. The van der Waals surface area contributed by atoms with Crippen molar-refractivity contribution >= 4 is 29.7 Å². The standard InChI is InChI=1S/C20H34O7S/c1-15(2)18(22)27-11-10-26-17(21)8-12-28-14-20(4,19(23)25-6)13-16(3)7-9-24-5/h16H,1,7-14H2,2-6H3. The number of thioether (sulfide) groups is 1. The van der Waals surface area contributed by atoms with Gasteiger partial charge in [-0.3, -0.25) is 9.59 Å². The van der Waals surface area contributed by atoms with E-state index in [9.17, 15) is 14.4 Å². The zero-order valence-electron chi connectivity index (χ0n) is 17.7. The fraction of sp³-hybridized carbons (Fsp3) is 0.750. The molecular formula is C20H34O7S. The van der Waals surface area contributed by atoms with Crippen molar-refractivity contribution in [2.24, 2.45) is 11.3 Å². The number of carbonyl (C=O) groups excluding carboxylic acids is 3. The molecule has 0 saturated carbocycles. The van der Waals surface area contributed by atoms with Gasteiger partial charge in [-0.05, 0) is 32.6 Å². The zero-order valence-corrected chi connectivity index (χ0v) is 18.5. The quantitative estimate of drug-likeness (QED) is 0.174. The molecule has 7 nitrogen and oxygen atoms in total. The zero-order chi connectivity index (χ0) is 21.6. The Morgan fingerprint density at radius 2 is 1.75 bits per heavy atom. The molecule has 0 heterocycles. The highest BCUT2D eigenvalue weighted by molar-refractivity contribution is 7.99. The van der Waals surface area contributed by atoms with Crippen LogP contribution >= 0.6 is 11.8 Å². The van der Waals surface area contributed by atoms with Crippen molar-refractivity contribution in [3.8, 4) is 0 Å². The summed E-state index contributed by atoms with van der Waals surface area (Å²) in [4.78, 5) is 35.2. The third-order valence-electron chi connectivity index (χ3n) is 4.09. The average Bonchev–Trinajstić information content (AvgIpc) is 2.65. The maximum absolute atomic E-state index is 12.2. The molecule has 8 heteroatoms. The lowest BCUT2D eigenvalue weighted by molar-refractivity contribution is -0.151. The molecule has 0 N–H and O–H groups in total. The maximum atomic E-state index is 12.2. The Kier molecular flexibility index (Phi) is 13.7. The van der Waals surface area contributed by atoms with Gasteiger partial charge in [0.25, 0.3) is 0 Å². The topological polar surface area (TPSA) is 88.1 Å². The third kappa shape index (κ3) is 11.3. The first-order valence-corrected chi connectivity index (χ1v) is 10.4. The van der Waals surface area contributed by atoms with E-state index >= 15 is 0 Å². The van der Waals surface area contributed by atoms with Crippen LogP contribution in [0.25, 0.3) is 0 Å². The molecule has 0 aromatic rings. The highest BCUT2D eigenvalue weighted by atomic mass is 32.2. The molecule has 0 aromatic carbocycles. The number of ether oxygens (including phenoxy) is 4. The van der Waals surface area contributed by atoms with E-state index in [1.165, 1.54) is 18.9 Å². The normalized spacial score (nSPS) is 13.9. The van der Waals surface area contributed by atoms with Crippen LogP contribution < -0.4 is 0 Å². The van der Waals surface area contributed by atoms with Crippen molar-refractivity contribution in [3.05, 3.63) is 12.2 Å². The molecule has 0 spiro atoms. The molecule has 0 aromatic heterocycles. The molecule has 28 heavy (non-hydrogen) atoms. The van der Waals surface area contributed by atoms with Gasteiger partial charge in [0.15, 0.2) is 0 Å². The Morgan fingerprint density at radius 3 is 2.32 bits per heavy atom. The fourth-order valence-corrected chi connectivity index (χ4v) is 3.72. The van der Waals surface area contributed by atoms with Crippen molar-refractivity contribution in [1.29, 1.82) is 0 Å². The van der Waals surface area contributed by atoms with E-state index < -0.39 is 11.4 Å². The van der Waals surface area contributed by atoms with Crippen molar-refractivity contribution in [2.45, 2.75) is 40.0 Å². The van der Waals surface area contributed by atoms with Crippen LogP contribution in [0.4, 0.5) is 0 Å². The fourth-order valence-electron chi connectivity index (χ4n) is 2.58. The summed E-state index contributed by atoms with van der Waals surface area (Å²) in [5.74, 6) is 0.285. The second-order valence-electron chi connectivity index (χ2n) is 7.08. The smallest absolute Gasteiger partial charge is 0.333 e. The molecule has 0 saturated heterocycles. The minimum Gasteiger partial charge on any atom is -0.469 e. The Balaban J connectivity index is 4.21. The summed E-state index contributed by atoms with van der Waals surface area (Å²) >= 11 is 1.52. The predicted molar refractivity (Wildman–Crippen MR) is 109 cm³/mol. The van der Waals surface area contributed by atoms with Gasteiger partial charge in [-0.25, -0.2) is 4.79 Å². The minimum absolute atomic E-state index is 0.00432. The molecule has 0 aliphatic rings. The van der Waals surface area contributed by atoms with Gasteiger partial charge in [-0.2, -0.15) is 11.8 Å². The lowest BCUT2D eigenvalue weighted by atomic mass is 9.82. The van der Waals surface area contributed by atoms with Gasteiger partial charge in [0.1, 0.15) is 13.2 Å². The molecule has 0 aliphatic heterocycles. The van der Waals surface area contributed by atoms with E-state index in [2.05, 4.69) is 13.5 Å². The van der Waals surface area contributed by atoms with Crippen molar-refractivity contribution < 1.29 is 33.3 Å². The summed E-state index contributed by atoms with van der Waals surface area (Å²) in [7, 11) is 3.05. The van der Waals surface area contributed by atoms with Gasteiger partial charge in [0, 0.05) is 30.8 Å². The highest BCUT2D eigenvalue weighted by Gasteiger charge is 2.35. The van der Waals surface area contributed by atoms with Gasteiger partial charge in [0.2, 0.25) is 0 Å².